The van der Waals surface area contributed by atoms with E-state index in [0.717, 1.165) is 11.3 Å². The number of benzene rings is 1. The third-order valence-corrected chi connectivity index (χ3v) is 3.01. The summed E-state index contributed by atoms with van der Waals surface area (Å²) in [5, 5.41) is 1.01. The molecule has 16 heavy (non-hydrogen) atoms. The Morgan fingerprint density at radius 2 is 2.00 bits per heavy atom. The summed E-state index contributed by atoms with van der Waals surface area (Å²) in [5.74, 6) is 6.22. The lowest BCUT2D eigenvalue weighted by Crippen LogP contribution is -2.28. The van der Waals surface area contributed by atoms with Crippen molar-refractivity contribution in [1.82, 2.24) is 5.43 Å². The molecule has 5 heteroatoms. The van der Waals surface area contributed by atoms with Gasteiger partial charge in [0.2, 0.25) is 0 Å². The highest BCUT2D eigenvalue weighted by molar-refractivity contribution is 6.42. The highest BCUT2D eigenvalue weighted by Gasteiger charge is 2.15. The first-order chi connectivity index (χ1) is 7.72. The number of hydrogen-bond donors (Lipinski definition) is 2. The van der Waals surface area contributed by atoms with Crippen LogP contribution in [0.3, 0.4) is 0 Å². The second kappa shape index (κ2) is 4.89. The maximum Gasteiger partial charge on any atom is 0.126 e. The third kappa shape index (κ3) is 2.23. The van der Waals surface area contributed by atoms with Gasteiger partial charge in [-0.2, -0.15) is 0 Å². The predicted molar refractivity (Wildman–Crippen MR) is 64.3 cm³/mol. The number of hydrazine groups is 1. The largest absolute Gasteiger partial charge is 0.467 e. The Labute approximate surface area is 103 Å². The lowest BCUT2D eigenvalue weighted by atomic mass is 10.1. The molecule has 3 N–H and O–H groups in total. The minimum absolute atomic E-state index is 0.232. The fourth-order valence-corrected chi connectivity index (χ4v) is 1.80. The Morgan fingerprint density at radius 1 is 1.19 bits per heavy atom. The molecule has 0 aliphatic rings. The maximum atomic E-state index is 5.95. The first-order valence-electron chi connectivity index (χ1n) is 4.67. The van der Waals surface area contributed by atoms with Gasteiger partial charge in [0, 0.05) is 0 Å². The van der Waals surface area contributed by atoms with Crippen LogP contribution in [0, 0.1) is 0 Å². The van der Waals surface area contributed by atoms with Gasteiger partial charge in [-0.3, -0.25) is 5.84 Å². The molecule has 1 aromatic heterocycles. The second-order valence-corrected chi connectivity index (χ2v) is 4.10. The van der Waals surface area contributed by atoms with Crippen LogP contribution in [0.5, 0.6) is 0 Å². The van der Waals surface area contributed by atoms with Gasteiger partial charge in [0.25, 0.3) is 0 Å². The van der Waals surface area contributed by atoms with Crippen LogP contribution in [0.25, 0.3) is 0 Å². The Morgan fingerprint density at radius 3 is 2.56 bits per heavy atom. The van der Waals surface area contributed by atoms with Crippen LogP contribution in [0.1, 0.15) is 17.4 Å². The molecule has 0 saturated heterocycles. The molecule has 1 unspecified atom stereocenters. The summed E-state index contributed by atoms with van der Waals surface area (Å²) >= 11 is 11.8. The zero-order chi connectivity index (χ0) is 11.5. The van der Waals surface area contributed by atoms with Crippen molar-refractivity contribution in [2.24, 2.45) is 5.84 Å². The zero-order valence-corrected chi connectivity index (χ0v) is 9.79. The van der Waals surface area contributed by atoms with E-state index < -0.39 is 0 Å². The average molecular weight is 257 g/mol. The first-order valence-corrected chi connectivity index (χ1v) is 5.42. The molecule has 0 aliphatic heterocycles. The SMILES string of the molecule is NNC(c1ccc(Cl)c(Cl)c1)c1ccco1. The highest BCUT2D eigenvalue weighted by Crippen LogP contribution is 2.28. The van der Waals surface area contributed by atoms with E-state index in [-0.39, 0.29) is 6.04 Å². The van der Waals surface area contributed by atoms with E-state index >= 15 is 0 Å². The van der Waals surface area contributed by atoms with E-state index in [1.54, 1.807) is 24.5 Å². The second-order valence-electron chi connectivity index (χ2n) is 3.29. The van der Waals surface area contributed by atoms with Crippen LogP contribution in [-0.4, -0.2) is 0 Å². The molecule has 0 radical (unpaired) electrons. The molecule has 1 heterocycles. The lowest BCUT2D eigenvalue weighted by Gasteiger charge is -2.14. The molecule has 2 aromatic rings. The fourth-order valence-electron chi connectivity index (χ4n) is 1.49. The van der Waals surface area contributed by atoms with E-state index in [4.69, 9.17) is 33.5 Å². The Hall–Kier alpha value is -1.00. The van der Waals surface area contributed by atoms with Gasteiger partial charge in [0.05, 0.1) is 16.3 Å². The summed E-state index contributed by atoms with van der Waals surface area (Å²) in [5.41, 5.74) is 3.57. The van der Waals surface area contributed by atoms with Crippen molar-refractivity contribution in [3.05, 3.63) is 58.0 Å². The van der Waals surface area contributed by atoms with E-state index in [0.29, 0.717) is 10.0 Å². The summed E-state index contributed by atoms with van der Waals surface area (Å²) in [6, 6.07) is 8.75. The van der Waals surface area contributed by atoms with Gasteiger partial charge in [0.15, 0.2) is 0 Å². The van der Waals surface area contributed by atoms with Gasteiger partial charge in [-0.05, 0) is 29.8 Å². The minimum atomic E-state index is -0.232. The highest BCUT2D eigenvalue weighted by atomic mass is 35.5. The predicted octanol–water partition coefficient (Wildman–Crippen LogP) is 3.14. The Balaban J connectivity index is 2.37. The number of nitrogens with one attached hydrogen (secondary N) is 1. The molecular formula is C11H10Cl2N2O. The van der Waals surface area contributed by atoms with E-state index in [9.17, 15) is 0 Å². The zero-order valence-electron chi connectivity index (χ0n) is 8.28. The van der Waals surface area contributed by atoms with Crippen LogP contribution in [-0.2, 0) is 0 Å². The van der Waals surface area contributed by atoms with Gasteiger partial charge >= 0.3 is 0 Å². The summed E-state index contributed by atoms with van der Waals surface area (Å²) in [7, 11) is 0. The molecule has 1 atom stereocenters. The summed E-state index contributed by atoms with van der Waals surface area (Å²) in [4.78, 5) is 0. The topological polar surface area (TPSA) is 51.2 Å². The summed E-state index contributed by atoms with van der Waals surface area (Å²) in [6.45, 7) is 0. The maximum absolute atomic E-state index is 5.95. The molecular weight excluding hydrogens is 247 g/mol. The molecule has 1 aromatic carbocycles. The van der Waals surface area contributed by atoms with Crippen LogP contribution in [0.4, 0.5) is 0 Å². The number of nitrogens with two attached hydrogens (primary N) is 1. The van der Waals surface area contributed by atoms with E-state index in [2.05, 4.69) is 5.43 Å². The number of rotatable bonds is 3. The molecule has 0 bridgehead atoms. The Kier molecular flexibility index (Phi) is 3.51. The van der Waals surface area contributed by atoms with Crippen molar-refractivity contribution in [3.63, 3.8) is 0 Å². The Bertz CT molecular complexity index is 471. The van der Waals surface area contributed by atoms with Crippen LogP contribution in [0.2, 0.25) is 10.0 Å². The van der Waals surface area contributed by atoms with Crippen LogP contribution < -0.4 is 11.3 Å². The molecule has 0 saturated carbocycles. The minimum Gasteiger partial charge on any atom is -0.467 e. The van der Waals surface area contributed by atoms with Crippen molar-refractivity contribution in [1.29, 1.82) is 0 Å². The van der Waals surface area contributed by atoms with E-state index in [1.807, 2.05) is 12.1 Å². The summed E-state index contributed by atoms with van der Waals surface area (Å²) < 4.78 is 5.29. The molecule has 84 valence electrons. The third-order valence-electron chi connectivity index (χ3n) is 2.27. The van der Waals surface area contributed by atoms with Crippen molar-refractivity contribution in [2.75, 3.05) is 0 Å². The smallest absolute Gasteiger partial charge is 0.126 e. The van der Waals surface area contributed by atoms with Crippen molar-refractivity contribution in [2.45, 2.75) is 6.04 Å². The quantitative estimate of drug-likeness (QED) is 0.656. The first kappa shape index (κ1) is 11.5. The van der Waals surface area contributed by atoms with Gasteiger partial charge in [-0.1, -0.05) is 29.3 Å². The fraction of sp³-hybridized carbons (Fsp3) is 0.0909. The monoisotopic (exact) mass is 256 g/mol. The summed E-state index contributed by atoms with van der Waals surface area (Å²) in [6.07, 6.45) is 1.59. The number of halogens is 2. The van der Waals surface area contributed by atoms with Crippen LogP contribution >= 0.6 is 23.2 Å². The van der Waals surface area contributed by atoms with Gasteiger partial charge in [0.1, 0.15) is 11.8 Å². The molecule has 0 spiro atoms. The van der Waals surface area contributed by atoms with Crippen molar-refractivity contribution < 1.29 is 4.42 Å². The molecule has 0 aliphatic carbocycles. The van der Waals surface area contributed by atoms with Crippen molar-refractivity contribution >= 4 is 23.2 Å². The average Bonchev–Trinajstić information content (AvgIpc) is 2.78. The number of hydrogen-bond acceptors (Lipinski definition) is 3. The molecule has 3 nitrogen and oxygen atoms in total. The molecule has 0 fully saturated rings. The lowest BCUT2D eigenvalue weighted by molar-refractivity contribution is 0.452. The van der Waals surface area contributed by atoms with Crippen LogP contribution in [0.15, 0.2) is 41.0 Å². The standard InChI is InChI=1S/C11H10Cl2N2O/c12-8-4-3-7(6-9(8)13)11(15-14)10-2-1-5-16-10/h1-6,11,15H,14H2. The van der Waals surface area contributed by atoms with Gasteiger partial charge < -0.3 is 4.42 Å². The van der Waals surface area contributed by atoms with E-state index in [1.165, 1.54) is 0 Å². The van der Waals surface area contributed by atoms with Gasteiger partial charge in [-0.25, -0.2) is 5.43 Å². The number of furan rings is 1. The van der Waals surface area contributed by atoms with Crippen molar-refractivity contribution in [3.8, 4) is 0 Å². The normalized spacial score (nSPS) is 12.7. The van der Waals surface area contributed by atoms with Gasteiger partial charge in [-0.15, -0.1) is 0 Å². The molecule has 2 rings (SSSR count). The molecule has 0 amide bonds.